The number of hydrogen-bond acceptors (Lipinski definition) is 3. The lowest BCUT2D eigenvalue weighted by molar-refractivity contribution is 0.110. The Morgan fingerprint density at radius 3 is 2.65 bits per heavy atom. The highest BCUT2D eigenvalue weighted by Crippen LogP contribution is 2.34. The minimum Gasteiger partial charge on any atom is -0.465 e. The number of hydrogen-bond donors (Lipinski definition) is 1. The van der Waals surface area contributed by atoms with Crippen molar-refractivity contribution in [3.8, 4) is 0 Å². The van der Waals surface area contributed by atoms with Gasteiger partial charge in [0.15, 0.2) is 0 Å². The van der Waals surface area contributed by atoms with Gasteiger partial charge in [0, 0.05) is 6.54 Å². The van der Waals surface area contributed by atoms with Gasteiger partial charge in [-0.25, -0.2) is 0 Å². The highest BCUT2D eigenvalue weighted by molar-refractivity contribution is 5.33. The van der Waals surface area contributed by atoms with Crippen molar-refractivity contribution in [3.05, 3.63) is 58.5 Å². The molecule has 0 spiro atoms. The fraction of sp³-hybridized carbons (Fsp3) is 0.500. The predicted octanol–water partition coefficient (Wildman–Crippen LogP) is 4.54. The molecule has 23 heavy (non-hydrogen) atoms. The van der Waals surface area contributed by atoms with Crippen LogP contribution in [0.2, 0.25) is 0 Å². The van der Waals surface area contributed by atoms with Crippen LogP contribution in [0, 0.1) is 12.3 Å². The first-order valence-electron chi connectivity index (χ1n) is 8.41. The minimum absolute atomic E-state index is 0.0849. The standard InChI is InChI=1S/C20H27NO2/c1-14-5-8-18(23-14)19(20(2,3)4)21-12-15-6-7-16-9-10-22-13-17(16)11-15/h5-8,11,19,21H,9-10,12-13H2,1-4H3. The average molecular weight is 313 g/mol. The van der Waals surface area contributed by atoms with Gasteiger partial charge in [-0.15, -0.1) is 0 Å². The van der Waals surface area contributed by atoms with E-state index in [1.54, 1.807) is 0 Å². The Bertz CT molecular complexity index is 667. The van der Waals surface area contributed by atoms with Crippen LogP contribution in [0.5, 0.6) is 0 Å². The molecule has 1 N–H and O–H groups in total. The molecule has 1 aromatic carbocycles. The second kappa shape index (κ2) is 6.50. The second-order valence-corrected chi connectivity index (χ2v) is 7.53. The first-order chi connectivity index (χ1) is 10.9. The second-order valence-electron chi connectivity index (χ2n) is 7.53. The van der Waals surface area contributed by atoms with Crippen LogP contribution in [-0.4, -0.2) is 6.61 Å². The smallest absolute Gasteiger partial charge is 0.121 e. The zero-order chi connectivity index (χ0) is 16.4. The van der Waals surface area contributed by atoms with Crippen LogP contribution < -0.4 is 5.32 Å². The molecule has 0 saturated heterocycles. The van der Waals surface area contributed by atoms with Gasteiger partial charge >= 0.3 is 0 Å². The molecule has 0 saturated carbocycles. The average Bonchev–Trinajstić information content (AvgIpc) is 2.92. The van der Waals surface area contributed by atoms with Crippen molar-refractivity contribution in [2.45, 2.75) is 53.3 Å². The van der Waals surface area contributed by atoms with E-state index in [1.165, 1.54) is 16.7 Å². The summed E-state index contributed by atoms with van der Waals surface area (Å²) in [6.45, 7) is 11.1. The van der Waals surface area contributed by atoms with Crippen LogP contribution in [0.15, 0.2) is 34.7 Å². The molecule has 1 aliphatic rings. The molecule has 1 aliphatic heterocycles. The van der Waals surface area contributed by atoms with Gasteiger partial charge in [0.2, 0.25) is 0 Å². The van der Waals surface area contributed by atoms with Crippen molar-refractivity contribution in [1.29, 1.82) is 0 Å². The Morgan fingerprint density at radius 1 is 1.13 bits per heavy atom. The topological polar surface area (TPSA) is 34.4 Å². The molecule has 0 aliphatic carbocycles. The summed E-state index contributed by atoms with van der Waals surface area (Å²) in [4.78, 5) is 0. The number of benzene rings is 1. The maximum absolute atomic E-state index is 5.87. The Kier molecular flexibility index (Phi) is 4.60. The fourth-order valence-electron chi connectivity index (χ4n) is 3.19. The van der Waals surface area contributed by atoms with Crippen molar-refractivity contribution < 1.29 is 9.15 Å². The van der Waals surface area contributed by atoms with Gasteiger partial charge in [-0.2, -0.15) is 0 Å². The Morgan fingerprint density at radius 2 is 1.96 bits per heavy atom. The van der Waals surface area contributed by atoms with Crippen molar-refractivity contribution >= 4 is 0 Å². The number of furan rings is 1. The molecule has 0 fully saturated rings. The largest absolute Gasteiger partial charge is 0.465 e. The molecule has 124 valence electrons. The van der Waals surface area contributed by atoms with Gasteiger partial charge in [0.1, 0.15) is 11.5 Å². The molecule has 0 amide bonds. The maximum Gasteiger partial charge on any atom is 0.121 e. The van der Waals surface area contributed by atoms with Crippen molar-refractivity contribution in [1.82, 2.24) is 5.32 Å². The van der Waals surface area contributed by atoms with Crippen LogP contribution >= 0.6 is 0 Å². The molecule has 1 aromatic heterocycles. The molecule has 2 heterocycles. The molecule has 3 heteroatoms. The molecular weight excluding hydrogens is 286 g/mol. The van der Waals surface area contributed by atoms with Crippen LogP contribution in [0.4, 0.5) is 0 Å². The summed E-state index contributed by atoms with van der Waals surface area (Å²) >= 11 is 0. The summed E-state index contributed by atoms with van der Waals surface area (Å²) in [6.07, 6.45) is 1.03. The number of nitrogens with one attached hydrogen (secondary N) is 1. The molecule has 2 aromatic rings. The van der Waals surface area contributed by atoms with Crippen LogP contribution in [-0.2, 0) is 24.3 Å². The fourth-order valence-corrected chi connectivity index (χ4v) is 3.19. The van der Waals surface area contributed by atoms with E-state index in [0.29, 0.717) is 0 Å². The Labute approximate surface area is 139 Å². The Hall–Kier alpha value is -1.58. The SMILES string of the molecule is Cc1ccc(C(NCc2ccc3c(c2)COCC3)C(C)(C)C)o1. The van der Waals surface area contributed by atoms with Gasteiger partial charge in [-0.3, -0.25) is 0 Å². The van der Waals surface area contributed by atoms with E-state index >= 15 is 0 Å². The quantitative estimate of drug-likeness (QED) is 0.900. The monoisotopic (exact) mass is 313 g/mol. The third kappa shape index (κ3) is 3.85. The number of aryl methyl sites for hydroxylation is 1. The van der Waals surface area contributed by atoms with E-state index in [1.807, 2.05) is 13.0 Å². The molecule has 0 radical (unpaired) electrons. The van der Waals surface area contributed by atoms with Crippen molar-refractivity contribution in [2.75, 3.05) is 6.61 Å². The third-order valence-electron chi connectivity index (χ3n) is 4.47. The summed E-state index contributed by atoms with van der Waals surface area (Å²) in [5.41, 5.74) is 4.14. The minimum atomic E-state index is 0.0849. The zero-order valence-corrected chi connectivity index (χ0v) is 14.6. The molecule has 1 unspecified atom stereocenters. The normalized spacial score (nSPS) is 16.2. The van der Waals surface area contributed by atoms with Crippen molar-refractivity contribution in [2.24, 2.45) is 5.41 Å². The number of ether oxygens (including phenoxy) is 1. The molecular formula is C20H27NO2. The van der Waals surface area contributed by atoms with Gasteiger partial charge < -0.3 is 14.5 Å². The van der Waals surface area contributed by atoms with Crippen LogP contribution in [0.3, 0.4) is 0 Å². The third-order valence-corrected chi connectivity index (χ3v) is 4.47. The lowest BCUT2D eigenvalue weighted by atomic mass is 9.85. The van der Waals surface area contributed by atoms with Crippen LogP contribution in [0.1, 0.15) is 55.0 Å². The molecule has 0 bridgehead atoms. The first-order valence-corrected chi connectivity index (χ1v) is 8.41. The summed E-state index contributed by atoms with van der Waals surface area (Å²) in [5, 5.41) is 3.68. The molecule has 3 rings (SSSR count). The van der Waals surface area contributed by atoms with Gasteiger partial charge in [-0.1, -0.05) is 39.0 Å². The first kappa shape index (κ1) is 16.3. The van der Waals surface area contributed by atoms with Gasteiger partial charge in [-0.05, 0) is 47.6 Å². The highest BCUT2D eigenvalue weighted by atomic mass is 16.5. The maximum atomic E-state index is 5.87. The van der Waals surface area contributed by atoms with E-state index < -0.39 is 0 Å². The summed E-state index contributed by atoms with van der Waals surface area (Å²) in [6, 6.07) is 11.0. The summed E-state index contributed by atoms with van der Waals surface area (Å²) < 4.78 is 11.4. The predicted molar refractivity (Wildman–Crippen MR) is 92.3 cm³/mol. The van der Waals surface area contributed by atoms with Gasteiger partial charge in [0.05, 0.1) is 19.3 Å². The van der Waals surface area contributed by atoms with E-state index in [9.17, 15) is 0 Å². The van der Waals surface area contributed by atoms with Crippen LogP contribution in [0.25, 0.3) is 0 Å². The summed E-state index contributed by atoms with van der Waals surface area (Å²) in [7, 11) is 0. The Balaban J connectivity index is 1.74. The highest BCUT2D eigenvalue weighted by Gasteiger charge is 2.28. The number of rotatable bonds is 4. The lowest BCUT2D eigenvalue weighted by Crippen LogP contribution is -2.31. The molecule has 1 atom stereocenters. The zero-order valence-electron chi connectivity index (χ0n) is 14.6. The van der Waals surface area contributed by atoms with Gasteiger partial charge in [0.25, 0.3) is 0 Å². The summed E-state index contributed by atoms with van der Waals surface area (Å²) in [5.74, 6) is 1.97. The van der Waals surface area contributed by atoms with Crippen molar-refractivity contribution in [3.63, 3.8) is 0 Å². The van der Waals surface area contributed by atoms with E-state index in [-0.39, 0.29) is 11.5 Å². The molecule has 3 nitrogen and oxygen atoms in total. The van der Waals surface area contributed by atoms with E-state index in [4.69, 9.17) is 9.15 Å². The van der Waals surface area contributed by atoms with E-state index in [0.717, 1.165) is 37.7 Å². The number of fused-ring (bicyclic) bond motifs is 1. The lowest BCUT2D eigenvalue weighted by Gasteiger charge is -2.30. The van der Waals surface area contributed by atoms with E-state index in [2.05, 4.69) is 50.4 Å².